The van der Waals surface area contributed by atoms with Gasteiger partial charge < -0.3 is 28.0 Å². The Kier molecular flexibility index (Phi) is 12.6. The fraction of sp³-hybridized carbons (Fsp3) is 0.400. The van der Waals surface area contributed by atoms with E-state index in [4.69, 9.17) is 28.7 Å². The van der Waals surface area contributed by atoms with Gasteiger partial charge in [0.15, 0.2) is 23.8 Å². The molecule has 18 nitrogen and oxygen atoms in total. The van der Waals surface area contributed by atoms with Crippen LogP contribution in [0.1, 0.15) is 85.5 Å². The smallest absolute Gasteiger partial charge is 0.453 e. The van der Waals surface area contributed by atoms with Crippen LogP contribution in [0.2, 0.25) is 0 Å². The number of carbonyl (C=O) groups excluding carboxylic acids is 2. The quantitative estimate of drug-likeness (QED) is 0.0661. The van der Waals surface area contributed by atoms with Crippen molar-refractivity contribution in [3.8, 4) is 22.5 Å². The molecule has 0 bridgehead atoms. The van der Waals surface area contributed by atoms with Gasteiger partial charge in [-0.1, -0.05) is 60.3 Å². The molecule has 0 spiro atoms. The van der Waals surface area contributed by atoms with E-state index in [2.05, 4.69) is 25.2 Å². The van der Waals surface area contributed by atoms with E-state index in [0.717, 1.165) is 27.9 Å². The SMILES string of the molecule is CCCc1nc(C(C)(C)O)c(C(=O)OCc2oc(=O)oc2C)n1Cc1ccc(-c2ccccc2-c2nnn(C(=O)OCCCCCON(O)O)n2)cc1. The summed E-state index contributed by atoms with van der Waals surface area (Å²) in [5.41, 5.74) is 1.84. The summed E-state index contributed by atoms with van der Waals surface area (Å²) in [6.07, 6.45) is 2.14. The number of nitrogens with zero attached hydrogens (tertiary/aromatic N) is 7. The number of hydrogen-bond donors (Lipinski definition) is 3. The number of esters is 1. The first-order chi connectivity index (χ1) is 25.3. The summed E-state index contributed by atoms with van der Waals surface area (Å²) in [5.74, 6) is -0.565. The van der Waals surface area contributed by atoms with Gasteiger partial charge in [-0.3, -0.25) is 15.3 Å². The summed E-state index contributed by atoms with van der Waals surface area (Å²) in [7, 11) is 0. The van der Waals surface area contributed by atoms with Gasteiger partial charge in [-0.05, 0) is 68.4 Å². The fourth-order valence-electron chi connectivity index (χ4n) is 5.47. The van der Waals surface area contributed by atoms with Crippen LogP contribution in [0.4, 0.5) is 4.79 Å². The van der Waals surface area contributed by atoms with Gasteiger partial charge in [0.25, 0.3) is 0 Å². The molecule has 18 heteroatoms. The summed E-state index contributed by atoms with van der Waals surface area (Å²) in [4.78, 5) is 47.5. The summed E-state index contributed by atoms with van der Waals surface area (Å²) in [6, 6.07) is 15.0. The minimum Gasteiger partial charge on any atom is -0.453 e. The second kappa shape index (κ2) is 17.3. The molecule has 0 aliphatic heterocycles. The van der Waals surface area contributed by atoms with Crippen molar-refractivity contribution < 1.29 is 48.3 Å². The second-order valence-electron chi connectivity index (χ2n) is 12.5. The first-order valence-corrected chi connectivity index (χ1v) is 16.9. The Morgan fingerprint density at radius 3 is 2.34 bits per heavy atom. The third kappa shape index (κ3) is 9.87. The van der Waals surface area contributed by atoms with Crippen LogP contribution in [-0.4, -0.2) is 75.9 Å². The maximum absolute atomic E-state index is 13.6. The predicted octanol–water partition coefficient (Wildman–Crippen LogP) is 4.81. The van der Waals surface area contributed by atoms with Crippen molar-refractivity contribution in [1.82, 2.24) is 35.1 Å². The predicted molar refractivity (Wildman–Crippen MR) is 182 cm³/mol. The molecule has 5 rings (SSSR count). The van der Waals surface area contributed by atoms with Crippen molar-refractivity contribution in [1.29, 1.82) is 0 Å². The Balaban J connectivity index is 1.33. The summed E-state index contributed by atoms with van der Waals surface area (Å²) in [5, 5.41) is 39.9. The maximum Gasteiger partial charge on any atom is 0.519 e. The zero-order valence-corrected chi connectivity index (χ0v) is 29.7. The van der Waals surface area contributed by atoms with Crippen molar-refractivity contribution >= 4 is 12.1 Å². The monoisotopic (exact) mass is 735 g/mol. The van der Waals surface area contributed by atoms with Crippen LogP contribution in [-0.2, 0) is 39.5 Å². The highest BCUT2D eigenvalue weighted by atomic mass is 17.1. The molecular weight excluding hydrogens is 694 g/mol. The van der Waals surface area contributed by atoms with Crippen molar-refractivity contribution in [2.24, 2.45) is 0 Å². The lowest BCUT2D eigenvalue weighted by Gasteiger charge is -2.17. The zero-order valence-electron chi connectivity index (χ0n) is 29.7. The molecule has 3 aromatic heterocycles. The van der Waals surface area contributed by atoms with Crippen molar-refractivity contribution in [3.05, 3.63) is 93.4 Å². The van der Waals surface area contributed by atoms with Gasteiger partial charge in [0.2, 0.25) is 5.82 Å². The average Bonchev–Trinajstić information content (AvgIpc) is 3.84. The van der Waals surface area contributed by atoms with E-state index in [-0.39, 0.29) is 60.5 Å². The lowest BCUT2D eigenvalue weighted by Crippen LogP contribution is -2.23. The highest BCUT2D eigenvalue weighted by Gasteiger charge is 2.33. The van der Waals surface area contributed by atoms with Gasteiger partial charge in [-0.25, -0.2) is 19.4 Å². The number of aromatic nitrogens is 6. The van der Waals surface area contributed by atoms with Crippen LogP contribution in [0.5, 0.6) is 0 Å². The summed E-state index contributed by atoms with van der Waals surface area (Å²) >= 11 is 0. The molecule has 5 aromatic rings. The number of ether oxygens (including phenoxy) is 2. The van der Waals surface area contributed by atoms with Crippen LogP contribution in [0.15, 0.2) is 62.2 Å². The van der Waals surface area contributed by atoms with Gasteiger partial charge in [0, 0.05) is 18.5 Å². The van der Waals surface area contributed by atoms with Gasteiger partial charge in [-0.2, -0.15) is 0 Å². The molecule has 0 unspecified atom stereocenters. The molecule has 3 N–H and O–H groups in total. The largest absolute Gasteiger partial charge is 0.519 e. The Labute approximate surface area is 303 Å². The van der Waals surface area contributed by atoms with Crippen LogP contribution in [0, 0.1) is 6.92 Å². The molecule has 0 saturated heterocycles. The van der Waals surface area contributed by atoms with Crippen molar-refractivity contribution in [3.63, 3.8) is 0 Å². The minimum atomic E-state index is -1.47. The Bertz CT molecular complexity index is 2060. The highest BCUT2D eigenvalue weighted by Crippen LogP contribution is 2.31. The number of aryl methyl sites for hydroxylation is 2. The highest BCUT2D eigenvalue weighted by molar-refractivity contribution is 5.89. The van der Waals surface area contributed by atoms with E-state index in [0.29, 0.717) is 37.1 Å². The molecule has 0 radical (unpaired) electrons. The number of tetrazole rings is 1. The Morgan fingerprint density at radius 1 is 0.962 bits per heavy atom. The number of aliphatic hydroxyl groups is 1. The molecule has 3 heterocycles. The molecule has 0 fully saturated rings. The third-order valence-corrected chi connectivity index (χ3v) is 8.03. The number of hydrogen-bond acceptors (Lipinski definition) is 16. The maximum atomic E-state index is 13.6. The molecule has 0 aliphatic carbocycles. The number of rotatable bonds is 17. The average molecular weight is 736 g/mol. The standard InChI is InChI=1S/C35H41N7O11/c1-5-11-28-36-30(35(3,4)46)29(32(43)50-21-27-22(2)52-34(45)53-27)40(28)20-23-14-16-24(17-15-23)25-12-7-8-13-26(25)31-37-39-41(38-31)33(44)49-18-9-6-10-19-51-42(47)48/h7-8,12-17,46-48H,5-6,9-11,18-21H2,1-4H3. The van der Waals surface area contributed by atoms with Gasteiger partial charge in [0.1, 0.15) is 17.1 Å². The number of imidazole rings is 1. The third-order valence-electron chi connectivity index (χ3n) is 8.03. The number of unbranched alkanes of at least 4 members (excludes halogenated alkanes) is 2. The number of benzene rings is 2. The molecule has 53 heavy (non-hydrogen) atoms. The Morgan fingerprint density at radius 2 is 1.68 bits per heavy atom. The second-order valence-corrected chi connectivity index (χ2v) is 12.5. The topological polar surface area (TPSA) is 231 Å². The fourth-order valence-corrected chi connectivity index (χ4v) is 5.47. The normalized spacial score (nSPS) is 11.7. The first kappa shape index (κ1) is 38.7. The van der Waals surface area contributed by atoms with Crippen molar-refractivity contribution in [2.45, 2.75) is 78.6 Å². The van der Waals surface area contributed by atoms with Crippen LogP contribution < -0.4 is 5.82 Å². The van der Waals surface area contributed by atoms with Crippen molar-refractivity contribution in [2.75, 3.05) is 13.2 Å². The Hall–Kier alpha value is -5.53. The van der Waals surface area contributed by atoms with Crippen LogP contribution in [0.25, 0.3) is 22.5 Å². The molecule has 282 valence electrons. The summed E-state index contributed by atoms with van der Waals surface area (Å²) < 4.78 is 22.3. The first-order valence-electron chi connectivity index (χ1n) is 16.9. The van der Waals surface area contributed by atoms with E-state index >= 15 is 0 Å². The summed E-state index contributed by atoms with van der Waals surface area (Å²) in [6.45, 7) is 6.69. The molecule has 0 atom stereocenters. The van der Waals surface area contributed by atoms with Gasteiger partial charge >= 0.3 is 17.9 Å². The zero-order chi connectivity index (χ0) is 38.1. The van der Waals surface area contributed by atoms with E-state index in [1.165, 1.54) is 6.92 Å². The van der Waals surface area contributed by atoms with E-state index < -0.39 is 23.5 Å². The van der Waals surface area contributed by atoms with E-state index in [1.807, 2.05) is 55.5 Å². The van der Waals surface area contributed by atoms with Gasteiger partial charge in [-0.15, -0.1) is 10.2 Å². The molecule has 0 amide bonds. The molecule has 0 saturated carbocycles. The molecule has 2 aromatic carbocycles. The number of carbonyl (C=O) groups is 2. The van der Waals surface area contributed by atoms with E-state index in [9.17, 15) is 19.5 Å². The lowest BCUT2D eigenvalue weighted by atomic mass is 9.98. The van der Waals surface area contributed by atoms with Gasteiger partial charge in [0.05, 0.1) is 18.6 Å². The minimum absolute atomic E-state index is 0.0807. The lowest BCUT2D eigenvalue weighted by molar-refractivity contribution is -0.492. The van der Waals surface area contributed by atoms with Crippen LogP contribution in [0.3, 0.4) is 0 Å². The van der Waals surface area contributed by atoms with Crippen LogP contribution >= 0.6 is 0 Å². The molecular formula is C35H41N7O11. The molecule has 0 aliphatic rings. The van der Waals surface area contributed by atoms with E-state index in [1.54, 1.807) is 18.4 Å².